The van der Waals surface area contributed by atoms with E-state index in [9.17, 15) is 9.59 Å². The number of benzene rings is 1. The van der Waals surface area contributed by atoms with E-state index in [0.29, 0.717) is 11.8 Å². The van der Waals surface area contributed by atoms with Crippen LogP contribution in [0.4, 0.5) is 0 Å². The minimum absolute atomic E-state index is 0.182. The first kappa shape index (κ1) is 10.7. The molecule has 4 heteroatoms. The Morgan fingerprint density at radius 2 is 1.93 bits per heavy atom. The summed E-state index contributed by atoms with van der Waals surface area (Å²) in [5.41, 5.74) is 0.440. The highest BCUT2D eigenvalue weighted by molar-refractivity contribution is 9.12. The lowest BCUT2D eigenvalue weighted by Gasteiger charge is -1.97. The molecule has 0 aromatic heterocycles. The second kappa shape index (κ2) is 5.34. The van der Waals surface area contributed by atoms with E-state index in [0.717, 1.165) is 6.26 Å². The molecule has 0 atom stereocenters. The summed E-state index contributed by atoms with van der Waals surface area (Å²) in [6, 6.07) is 8.52. The van der Waals surface area contributed by atoms with E-state index < -0.39 is 5.97 Å². The Kier molecular flexibility index (Phi) is 4.07. The number of aldehydes is 1. The highest BCUT2D eigenvalue weighted by Gasteiger charge is 2.03. The molecule has 0 N–H and O–H groups in total. The fourth-order valence-electron chi connectivity index (χ4n) is 0.780. The summed E-state index contributed by atoms with van der Waals surface area (Å²) in [4.78, 5) is 21.4. The van der Waals surface area contributed by atoms with Gasteiger partial charge in [0.25, 0.3) is 0 Å². The molecular formula is C10H7BrO3. The largest absolute Gasteiger partial charge is 0.430 e. The maximum atomic E-state index is 11.3. The molecule has 0 spiro atoms. The molecule has 0 heterocycles. The van der Waals surface area contributed by atoms with Gasteiger partial charge in [0, 0.05) is 0 Å². The molecule has 72 valence electrons. The van der Waals surface area contributed by atoms with Crippen molar-refractivity contribution >= 4 is 28.2 Å². The molecule has 1 rings (SSSR count). The van der Waals surface area contributed by atoms with Gasteiger partial charge in [-0.1, -0.05) is 18.2 Å². The molecule has 0 unspecified atom stereocenters. The van der Waals surface area contributed by atoms with E-state index in [2.05, 4.69) is 15.9 Å². The molecule has 0 aliphatic carbocycles. The molecule has 3 nitrogen and oxygen atoms in total. The standard InChI is InChI=1S/C10H7BrO3/c11-9(6-12)7-14-10(13)8-4-2-1-3-5-8/h1-7H/b9-7+. The van der Waals surface area contributed by atoms with Crippen molar-refractivity contribution in [3.63, 3.8) is 0 Å². The Balaban J connectivity index is 2.65. The monoisotopic (exact) mass is 254 g/mol. The fourth-order valence-corrected chi connectivity index (χ4v) is 0.873. The predicted molar refractivity (Wildman–Crippen MR) is 54.9 cm³/mol. The van der Waals surface area contributed by atoms with Crippen LogP contribution in [0.15, 0.2) is 41.1 Å². The zero-order valence-corrected chi connectivity index (χ0v) is 8.73. The lowest BCUT2D eigenvalue weighted by atomic mass is 10.2. The van der Waals surface area contributed by atoms with Crippen LogP contribution >= 0.6 is 15.9 Å². The summed E-state index contributed by atoms with van der Waals surface area (Å²) >= 11 is 2.89. The van der Waals surface area contributed by atoms with Crippen LogP contribution in [0, 0.1) is 0 Å². The van der Waals surface area contributed by atoms with Crippen LogP contribution < -0.4 is 0 Å². The van der Waals surface area contributed by atoms with Gasteiger partial charge in [-0.25, -0.2) is 4.79 Å². The van der Waals surface area contributed by atoms with Gasteiger partial charge in [0.2, 0.25) is 0 Å². The minimum Gasteiger partial charge on any atom is -0.430 e. The molecule has 0 aliphatic rings. The number of halogens is 1. The van der Waals surface area contributed by atoms with Crippen LogP contribution in [0.1, 0.15) is 10.4 Å². The van der Waals surface area contributed by atoms with Gasteiger partial charge in [-0.3, -0.25) is 4.79 Å². The average molecular weight is 255 g/mol. The summed E-state index contributed by atoms with van der Waals surface area (Å²) in [7, 11) is 0. The molecule has 0 radical (unpaired) electrons. The number of esters is 1. The van der Waals surface area contributed by atoms with Crippen LogP contribution in [0.5, 0.6) is 0 Å². The van der Waals surface area contributed by atoms with Gasteiger partial charge < -0.3 is 4.74 Å². The highest BCUT2D eigenvalue weighted by Crippen LogP contribution is 2.04. The average Bonchev–Trinajstić information content (AvgIpc) is 2.26. The summed E-state index contributed by atoms with van der Waals surface area (Å²) < 4.78 is 4.88. The Bertz CT molecular complexity index is 357. The van der Waals surface area contributed by atoms with Gasteiger partial charge in [-0.2, -0.15) is 0 Å². The molecule has 0 saturated heterocycles. The molecule has 1 aromatic carbocycles. The molecule has 0 saturated carbocycles. The van der Waals surface area contributed by atoms with Crippen LogP contribution in [-0.2, 0) is 9.53 Å². The van der Waals surface area contributed by atoms with Crippen molar-refractivity contribution in [1.29, 1.82) is 0 Å². The van der Waals surface area contributed by atoms with Gasteiger partial charge in [0.15, 0.2) is 6.29 Å². The first-order valence-corrected chi connectivity index (χ1v) is 4.60. The maximum Gasteiger partial charge on any atom is 0.342 e. The van der Waals surface area contributed by atoms with E-state index in [4.69, 9.17) is 4.74 Å². The van der Waals surface area contributed by atoms with Crippen LogP contribution in [-0.4, -0.2) is 12.3 Å². The minimum atomic E-state index is -0.496. The van der Waals surface area contributed by atoms with Gasteiger partial charge in [0.1, 0.15) is 6.26 Å². The maximum absolute atomic E-state index is 11.3. The summed E-state index contributed by atoms with van der Waals surface area (Å²) in [5, 5.41) is 0. The van der Waals surface area contributed by atoms with E-state index in [1.807, 2.05) is 0 Å². The SMILES string of the molecule is O=C/C(Br)=C\OC(=O)c1ccccc1. The third-order valence-corrected chi connectivity index (χ3v) is 1.77. The van der Waals surface area contributed by atoms with Crippen molar-refractivity contribution in [1.82, 2.24) is 0 Å². The third-order valence-electron chi connectivity index (χ3n) is 1.40. The van der Waals surface area contributed by atoms with Crippen molar-refractivity contribution in [2.24, 2.45) is 0 Å². The van der Waals surface area contributed by atoms with E-state index in [1.165, 1.54) is 0 Å². The number of hydrogen-bond donors (Lipinski definition) is 0. The third kappa shape index (κ3) is 3.14. The smallest absolute Gasteiger partial charge is 0.342 e. The number of rotatable bonds is 3. The number of ether oxygens (including phenoxy) is 1. The van der Waals surface area contributed by atoms with Crippen LogP contribution in [0.3, 0.4) is 0 Å². The van der Waals surface area contributed by atoms with Gasteiger partial charge in [0.05, 0.1) is 10.0 Å². The first-order chi connectivity index (χ1) is 6.74. The molecule has 0 aliphatic heterocycles. The second-order valence-electron chi connectivity index (χ2n) is 2.39. The van der Waals surface area contributed by atoms with Crippen LogP contribution in [0.25, 0.3) is 0 Å². The van der Waals surface area contributed by atoms with E-state index >= 15 is 0 Å². The lowest BCUT2D eigenvalue weighted by Crippen LogP contribution is -2.00. The normalized spacial score (nSPS) is 10.8. The van der Waals surface area contributed by atoms with Crippen molar-refractivity contribution in [2.45, 2.75) is 0 Å². The topological polar surface area (TPSA) is 43.4 Å². The number of allylic oxidation sites excluding steroid dienone is 1. The van der Waals surface area contributed by atoms with Gasteiger partial charge >= 0.3 is 5.97 Å². The summed E-state index contributed by atoms with van der Waals surface area (Å²) in [5.74, 6) is -0.496. The zero-order chi connectivity index (χ0) is 10.4. The van der Waals surface area contributed by atoms with Crippen LogP contribution in [0.2, 0.25) is 0 Å². The van der Waals surface area contributed by atoms with E-state index in [-0.39, 0.29) is 4.48 Å². The fraction of sp³-hybridized carbons (Fsp3) is 0. The molecule has 0 fully saturated rings. The number of carbonyl (C=O) groups is 2. The molecular weight excluding hydrogens is 248 g/mol. The predicted octanol–water partition coefficient (Wildman–Crippen LogP) is 2.28. The molecule has 0 amide bonds. The number of hydrogen-bond acceptors (Lipinski definition) is 3. The van der Waals surface area contributed by atoms with Crippen molar-refractivity contribution < 1.29 is 14.3 Å². The molecule has 0 bridgehead atoms. The Hall–Kier alpha value is -1.42. The Morgan fingerprint density at radius 1 is 1.29 bits per heavy atom. The quantitative estimate of drug-likeness (QED) is 0.360. The van der Waals surface area contributed by atoms with E-state index in [1.54, 1.807) is 30.3 Å². The second-order valence-corrected chi connectivity index (χ2v) is 3.31. The Labute approximate surface area is 89.5 Å². The van der Waals surface area contributed by atoms with Gasteiger partial charge in [-0.05, 0) is 28.1 Å². The molecule has 14 heavy (non-hydrogen) atoms. The lowest BCUT2D eigenvalue weighted by molar-refractivity contribution is -0.104. The number of carbonyl (C=O) groups excluding carboxylic acids is 2. The first-order valence-electron chi connectivity index (χ1n) is 3.81. The van der Waals surface area contributed by atoms with Crippen molar-refractivity contribution in [2.75, 3.05) is 0 Å². The zero-order valence-electron chi connectivity index (χ0n) is 7.14. The summed E-state index contributed by atoms with van der Waals surface area (Å²) in [6.45, 7) is 0. The van der Waals surface area contributed by atoms with Crippen molar-refractivity contribution in [3.8, 4) is 0 Å². The summed E-state index contributed by atoms with van der Waals surface area (Å²) in [6.07, 6.45) is 1.60. The molecule has 1 aromatic rings. The highest BCUT2D eigenvalue weighted by atomic mass is 79.9. The Morgan fingerprint density at radius 3 is 2.50 bits per heavy atom. The van der Waals surface area contributed by atoms with Gasteiger partial charge in [-0.15, -0.1) is 0 Å². The van der Waals surface area contributed by atoms with Crippen molar-refractivity contribution in [3.05, 3.63) is 46.6 Å².